The predicted octanol–water partition coefficient (Wildman–Crippen LogP) is 3.69. The van der Waals surface area contributed by atoms with Gasteiger partial charge in [-0.1, -0.05) is 0 Å². The Morgan fingerprint density at radius 2 is 2.08 bits per heavy atom. The molecule has 0 bridgehead atoms. The van der Waals surface area contributed by atoms with E-state index in [4.69, 9.17) is 4.74 Å². The highest BCUT2D eigenvalue weighted by molar-refractivity contribution is 14.0. The summed E-state index contributed by atoms with van der Waals surface area (Å²) in [6.45, 7) is 8.38. The van der Waals surface area contributed by atoms with E-state index in [9.17, 15) is 13.2 Å². The molecule has 1 aromatic rings. The van der Waals surface area contributed by atoms with Crippen molar-refractivity contribution in [3.8, 4) is 0 Å². The van der Waals surface area contributed by atoms with Crippen LogP contribution in [0.1, 0.15) is 37.9 Å². The van der Waals surface area contributed by atoms with Crippen LogP contribution in [-0.4, -0.2) is 43.3 Å². The number of ether oxygens (including phenoxy) is 1. The summed E-state index contributed by atoms with van der Waals surface area (Å²) in [5, 5.41) is 7.70. The van der Waals surface area contributed by atoms with Gasteiger partial charge in [-0.05, 0) is 27.2 Å². The molecule has 0 aliphatic rings. The molecule has 2 N–H and O–H groups in total. The van der Waals surface area contributed by atoms with Gasteiger partial charge in [-0.15, -0.1) is 35.3 Å². The van der Waals surface area contributed by atoms with E-state index in [0.29, 0.717) is 43.6 Å². The maximum Gasteiger partial charge on any atom is 0.434 e. The molecular weight excluding hydrogens is 468 g/mol. The lowest BCUT2D eigenvalue weighted by molar-refractivity contribution is -0.140. The normalized spacial score (nSPS) is 12.2. The average Bonchev–Trinajstić information content (AvgIpc) is 2.95. The van der Waals surface area contributed by atoms with Crippen LogP contribution in [-0.2, 0) is 17.3 Å². The summed E-state index contributed by atoms with van der Waals surface area (Å²) in [6, 6.07) is 0. The lowest BCUT2D eigenvalue weighted by Gasteiger charge is -2.11. The van der Waals surface area contributed by atoms with Crippen molar-refractivity contribution in [3.63, 3.8) is 0 Å². The lowest BCUT2D eigenvalue weighted by Crippen LogP contribution is -2.38. The van der Waals surface area contributed by atoms with Crippen LogP contribution in [0.4, 0.5) is 13.2 Å². The number of nitrogens with one attached hydrogen (secondary N) is 2. The third-order valence-electron chi connectivity index (χ3n) is 2.84. The van der Waals surface area contributed by atoms with Crippen LogP contribution in [0.25, 0.3) is 0 Å². The van der Waals surface area contributed by atoms with Crippen molar-refractivity contribution < 1.29 is 17.9 Å². The van der Waals surface area contributed by atoms with E-state index in [1.807, 2.05) is 20.8 Å². The summed E-state index contributed by atoms with van der Waals surface area (Å²) < 4.78 is 42.9. The minimum Gasteiger partial charge on any atom is -0.379 e. The Bertz CT molecular complexity index is 509. The molecule has 0 saturated heterocycles. The number of rotatable bonds is 9. The highest BCUT2D eigenvalue weighted by Crippen LogP contribution is 2.29. The van der Waals surface area contributed by atoms with Crippen LogP contribution in [0.15, 0.2) is 10.4 Å². The fourth-order valence-electron chi connectivity index (χ4n) is 1.76. The van der Waals surface area contributed by atoms with Crippen molar-refractivity contribution in [1.29, 1.82) is 0 Å². The van der Waals surface area contributed by atoms with Crippen LogP contribution in [0.5, 0.6) is 0 Å². The number of hydrogen-bond acceptors (Lipinski definition) is 4. The van der Waals surface area contributed by atoms with Gasteiger partial charge in [0, 0.05) is 38.0 Å². The highest BCUT2D eigenvalue weighted by Gasteiger charge is 2.33. The fraction of sp³-hybridized carbons (Fsp3) is 0.733. The van der Waals surface area contributed by atoms with Crippen molar-refractivity contribution >= 4 is 41.3 Å². The van der Waals surface area contributed by atoms with Crippen LogP contribution < -0.4 is 10.6 Å². The number of guanidine groups is 1. The second-order valence-corrected chi connectivity index (χ2v) is 6.28. The van der Waals surface area contributed by atoms with Gasteiger partial charge in [-0.2, -0.15) is 13.2 Å². The molecular formula is C15H26F3IN4OS. The van der Waals surface area contributed by atoms with E-state index in [0.717, 1.165) is 23.1 Å². The molecule has 0 aliphatic carbocycles. The molecule has 0 radical (unpaired) electrons. The van der Waals surface area contributed by atoms with E-state index >= 15 is 0 Å². The summed E-state index contributed by atoms with van der Waals surface area (Å²) in [5.74, 6) is 0.648. The molecule has 0 aromatic carbocycles. The summed E-state index contributed by atoms with van der Waals surface area (Å²) in [5.41, 5.74) is -0.826. The van der Waals surface area contributed by atoms with Gasteiger partial charge < -0.3 is 15.4 Å². The van der Waals surface area contributed by atoms with E-state index in [1.165, 1.54) is 0 Å². The van der Waals surface area contributed by atoms with E-state index in [2.05, 4.69) is 20.6 Å². The zero-order valence-corrected chi connectivity index (χ0v) is 17.8. The van der Waals surface area contributed by atoms with Crippen molar-refractivity contribution in [3.05, 3.63) is 16.1 Å². The standard InChI is InChI=1S/C15H25F3N4OS.HI/c1-4-19-14(20-7-5-9-23-11(2)3)21-8-6-13-22-12(10-24-13)15(16,17)18;/h10-11H,4-9H2,1-3H3,(H2,19,20,21);1H. The smallest absolute Gasteiger partial charge is 0.379 e. The Kier molecular flexibility index (Phi) is 12.4. The zero-order valence-electron chi connectivity index (χ0n) is 14.7. The number of nitrogens with zero attached hydrogens (tertiary/aromatic N) is 2. The molecule has 0 aliphatic heterocycles. The number of alkyl halides is 3. The Morgan fingerprint density at radius 1 is 1.36 bits per heavy atom. The van der Waals surface area contributed by atoms with Gasteiger partial charge in [0.15, 0.2) is 11.7 Å². The summed E-state index contributed by atoms with van der Waals surface area (Å²) in [7, 11) is 0. The average molecular weight is 494 g/mol. The molecule has 5 nitrogen and oxygen atoms in total. The Morgan fingerprint density at radius 3 is 2.64 bits per heavy atom. The quantitative estimate of drug-likeness (QED) is 0.238. The van der Waals surface area contributed by atoms with Gasteiger partial charge >= 0.3 is 6.18 Å². The topological polar surface area (TPSA) is 58.5 Å². The molecule has 0 amide bonds. The van der Waals surface area contributed by atoms with Gasteiger partial charge in [-0.25, -0.2) is 4.98 Å². The summed E-state index contributed by atoms with van der Waals surface area (Å²) >= 11 is 1.02. The van der Waals surface area contributed by atoms with Crippen LogP contribution in [0.3, 0.4) is 0 Å². The molecule has 0 atom stereocenters. The third kappa shape index (κ3) is 10.9. The summed E-state index contributed by atoms with van der Waals surface area (Å²) in [4.78, 5) is 8.01. The van der Waals surface area contributed by atoms with Crippen molar-refractivity contribution in [2.75, 3.05) is 26.2 Å². The SMILES string of the molecule is CCNC(=NCCCOC(C)C)NCCc1nc(C(F)(F)F)cs1.I. The van der Waals surface area contributed by atoms with E-state index in [-0.39, 0.29) is 30.1 Å². The first kappa shape index (κ1) is 24.4. The highest BCUT2D eigenvalue weighted by atomic mass is 127. The molecule has 1 rings (SSSR count). The van der Waals surface area contributed by atoms with Gasteiger partial charge in [0.05, 0.1) is 11.1 Å². The van der Waals surface area contributed by atoms with Gasteiger partial charge in [-0.3, -0.25) is 4.99 Å². The monoisotopic (exact) mass is 494 g/mol. The minimum absolute atomic E-state index is 0. The molecule has 146 valence electrons. The van der Waals surface area contributed by atoms with Gasteiger partial charge in [0.2, 0.25) is 0 Å². The molecule has 25 heavy (non-hydrogen) atoms. The Balaban J connectivity index is 0.00000576. The first-order valence-electron chi connectivity index (χ1n) is 7.98. The molecule has 0 fully saturated rings. The van der Waals surface area contributed by atoms with Crippen molar-refractivity contribution in [2.24, 2.45) is 4.99 Å². The van der Waals surface area contributed by atoms with Crippen molar-refractivity contribution in [1.82, 2.24) is 15.6 Å². The van der Waals surface area contributed by atoms with Gasteiger partial charge in [0.25, 0.3) is 0 Å². The fourth-order valence-corrected chi connectivity index (χ4v) is 2.56. The molecule has 1 heterocycles. The largest absolute Gasteiger partial charge is 0.434 e. The Hall–Kier alpha value is -0.620. The molecule has 0 spiro atoms. The maximum atomic E-state index is 12.5. The number of hydrogen-bond donors (Lipinski definition) is 2. The molecule has 1 aromatic heterocycles. The van der Waals surface area contributed by atoms with E-state index < -0.39 is 11.9 Å². The first-order valence-corrected chi connectivity index (χ1v) is 8.86. The summed E-state index contributed by atoms with van der Waals surface area (Å²) in [6.07, 6.45) is -2.94. The van der Waals surface area contributed by atoms with Gasteiger partial charge in [0.1, 0.15) is 0 Å². The number of thiazole rings is 1. The molecule has 10 heteroatoms. The molecule has 0 saturated carbocycles. The maximum absolute atomic E-state index is 12.5. The van der Waals surface area contributed by atoms with Crippen LogP contribution in [0.2, 0.25) is 0 Å². The van der Waals surface area contributed by atoms with E-state index in [1.54, 1.807) is 0 Å². The second kappa shape index (κ2) is 12.7. The first-order chi connectivity index (χ1) is 11.3. The lowest BCUT2D eigenvalue weighted by atomic mass is 10.4. The predicted molar refractivity (Wildman–Crippen MR) is 106 cm³/mol. The Labute approximate surface area is 167 Å². The number of halogens is 4. The minimum atomic E-state index is -4.38. The number of aliphatic imine (C=N–C) groups is 1. The van der Waals surface area contributed by atoms with Crippen molar-refractivity contribution in [2.45, 2.75) is 45.9 Å². The number of aromatic nitrogens is 1. The van der Waals surface area contributed by atoms with Crippen LogP contribution >= 0.6 is 35.3 Å². The zero-order chi connectivity index (χ0) is 18.0. The second-order valence-electron chi connectivity index (χ2n) is 5.33. The third-order valence-corrected chi connectivity index (χ3v) is 3.75. The van der Waals surface area contributed by atoms with Crippen LogP contribution in [0, 0.1) is 0 Å². The molecule has 0 unspecified atom stereocenters.